The number of aromatic nitrogens is 3. The molecule has 1 amide bonds. The van der Waals surface area contributed by atoms with Crippen LogP contribution in [0.4, 0.5) is 5.69 Å². The van der Waals surface area contributed by atoms with Gasteiger partial charge in [-0.15, -0.1) is 5.10 Å². The zero-order chi connectivity index (χ0) is 16.1. The Morgan fingerprint density at radius 3 is 2.74 bits per heavy atom. The first kappa shape index (κ1) is 15.7. The van der Waals surface area contributed by atoms with E-state index in [2.05, 4.69) is 27.9 Å². The number of carbonyl (C=O) groups is 1. The van der Waals surface area contributed by atoms with Gasteiger partial charge in [0.15, 0.2) is 0 Å². The van der Waals surface area contributed by atoms with Gasteiger partial charge < -0.3 is 10.6 Å². The molecule has 1 aliphatic heterocycles. The minimum Gasteiger partial charge on any atom is -0.326 e. The number of nitrogens with zero attached hydrogens (tertiary/aromatic N) is 3. The molecule has 0 bridgehead atoms. The predicted molar refractivity (Wildman–Crippen MR) is 89.4 cm³/mol. The van der Waals surface area contributed by atoms with E-state index in [0.717, 1.165) is 24.5 Å². The molecule has 3 rings (SSSR count). The van der Waals surface area contributed by atoms with Crippen LogP contribution in [-0.2, 0) is 4.79 Å². The standard InChI is InChI=1S/C17H23N5O/c1-13(14-6-8-18-9-7-14)12-17(23)20-15-2-4-16(5-3-15)22-11-10-19-21-22/h2-5,10-11,13-14,18H,6-9,12H2,1H3,(H,20,23). The summed E-state index contributed by atoms with van der Waals surface area (Å²) in [6, 6.07) is 7.62. The van der Waals surface area contributed by atoms with E-state index in [1.54, 1.807) is 17.1 Å². The lowest BCUT2D eigenvalue weighted by Gasteiger charge is -2.27. The summed E-state index contributed by atoms with van der Waals surface area (Å²) < 4.78 is 1.69. The van der Waals surface area contributed by atoms with Crippen molar-refractivity contribution in [2.45, 2.75) is 26.2 Å². The fraction of sp³-hybridized carbons (Fsp3) is 0.471. The third-order valence-corrected chi connectivity index (χ3v) is 4.53. The molecule has 2 N–H and O–H groups in total. The number of nitrogens with one attached hydrogen (secondary N) is 2. The van der Waals surface area contributed by atoms with Gasteiger partial charge >= 0.3 is 0 Å². The summed E-state index contributed by atoms with van der Waals surface area (Å²) in [5.74, 6) is 1.16. The van der Waals surface area contributed by atoms with Gasteiger partial charge in [0, 0.05) is 12.1 Å². The second-order valence-corrected chi connectivity index (χ2v) is 6.21. The fourth-order valence-electron chi connectivity index (χ4n) is 3.13. The largest absolute Gasteiger partial charge is 0.326 e. The van der Waals surface area contributed by atoms with Crippen LogP contribution in [0.1, 0.15) is 26.2 Å². The monoisotopic (exact) mass is 313 g/mol. The Bertz CT molecular complexity index is 617. The van der Waals surface area contributed by atoms with Gasteiger partial charge in [0.25, 0.3) is 0 Å². The van der Waals surface area contributed by atoms with Crippen LogP contribution in [0.15, 0.2) is 36.7 Å². The van der Waals surface area contributed by atoms with Crippen molar-refractivity contribution in [3.8, 4) is 5.69 Å². The molecular weight excluding hydrogens is 290 g/mol. The summed E-state index contributed by atoms with van der Waals surface area (Å²) in [7, 11) is 0. The van der Waals surface area contributed by atoms with Gasteiger partial charge in [-0.25, -0.2) is 4.68 Å². The van der Waals surface area contributed by atoms with Crippen LogP contribution >= 0.6 is 0 Å². The number of piperidine rings is 1. The molecule has 1 atom stereocenters. The molecule has 1 unspecified atom stereocenters. The molecule has 122 valence electrons. The first-order valence-corrected chi connectivity index (χ1v) is 8.19. The summed E-state index contributed by atoms with van der Waals surface area (Å²) in [4.78, 5) is 12.2. The van der Waals surface area contributed by atoms with Crippen molar-refractivity contribution in [3.63, 3.8) is 0 Å². The van der Waals surface area contributed by atoms with Crippen LogP contribution in [0.2, 0.25) is 0 Å². The molecule has 1 aromatic heterocycles. The van der Waals surface area contributed by atoms with E-state index in [1.165, 1.54) is 12.8 Å². The lowest BCUT2D eigenvalue weighted by molar-refractivity contribution is -0.117. The number of benzene rings is 1. The van der Waals surface area contributed by atoms with E-state index in [-0.39, 0.29) is 5.91 Å². The van der Waals surface area contributed by atoms with E-state index in [0.29, 0.717) is 18.3 Å². The van der Waals surface area contributed by atoms with Crippen molar-refractivity contribution in [1.29, 1.82) is 0 Å². The number of hydrogen-bond acceptors (Lipinski definition) is 4. The molecule has 0 saturated carbocycles. The smallest absolute Gasteiger partial charge is 0.224 e. The van der Waals surface area contributed by atoms with Crippen LogP contribution in [-0.4, -0.2) is 34.0 Å². The molecule has 1 saturated heterocycles. The van der Waals surface area contributed by atoms with E-state index in [9.17, 15) is 4.79 Å². The highest BCUT2D eigenvalue weighted by atomic mass is 16.1. The molecular formula is C17H23N5O. The summed E-state index contributed by atoms with van der Waals surface area (Å²) >= 11 is 0. The Morgan fingerprint density at radius 1 is 1.35 bits per heavy atom. The quantitative estimate of drug-likeness (QED) is 0.888. The highest BCUT2D eigenvalue weighted by molar-refractivity contribution is 5.90. The zero-order valence-corrected chi connectivity index (χ0v) is 13.4. The van der Waals surface area contributed by atoms with Crippen molar-refractivity contribution >= 4 is 11.6 Å². The van der Waals surface area contributed by atoms with E-state index in [4.69, 9.17) is 0 Å². The van der Waals surface area contributed by atoms with Crippen LogP contribution in [0, 0.1) is 11.8 Å². The highest BCUT2D eigenvalue weighted by Gasteiger charge is 2.21. The topological polar surface area (TPSA) is 71.8 Å². The van der Waals surface area contributed by atoms with E-state index in [1.807, 2.05) is 24.3 Å². The number of anilines is 1. The van der Waals surface area contributed by atoms with Crippen molar-refractivity contribution in [2.24, 2.45) is 11.8 Å². The average Bonchev–Trinajstić information content (AvgIpc) is 3.11. The second kappa shape index (κ2) is 7.37. The maximum absolute atomic E-state index is 12.2. The van der Waals surface area contributed by atoms with E-state index >= 15 is 0 Å². The molecule has 6 heteroatoms. The molecule has 2 heterocycles. The fourth-order valence-corrected chi connectivity index (χ4v) is 3.13. The number of carbonyl (C=O) groups excluding carboxylic acids is 1. The van der Waals surface area contributed by atoms with Gasteiger partial charge in [-0.3, -0.25) is 4.79 Å². The average molecular weight is 313 g/mol. The molecule has 2 aromatic rings. The SMILES string of the molecule is CC(CC(=O)Nc1ccc(-n2ccnn2)cc1)C1CCNCC1. The number of hydrogen-bond donors (Lipinski definition) is 2. The maximum Gasteiger partial charge on any atom is 0.224 e. The van der Waals surface area contributed by atoms with Gasteiger partial charge in [0.05, 0.1) is 18.1 Å². The van der Waals surface area contributed by atoms with Crippen LogP contribution in [0.3, 0.4) is 0 Å². The minimum atomic E-state index is 0.0875. The Balaban J connectivity index is 1.53. The molecule has 1 aliphatic rings. The molecule has 23 heavy (non-hydrogen) atoms. The van der Waals surface area contributed by atoms with E-state index < -0.39 is 0 Å². The summed E-state index contributed by atoms with van der Waals surface area (Å²) in [6.07, 6.45) is 6.34. The Morgan fingerprint density at radius 2 is 2.09 bits per heavy atom. The first-order valence-electron chi connectivity index (χ1n) is 8.19. The lowest BCUT2D eigenvalue weighted by Crippen LogP contribution is -2.32. The van der Waals surface area contributed by atoms with Crippen molar-refractivity contribution in [3.05, 3.63) is 36.7 Å². The maximum atomic E-state index is 12.2. The van der Waals surface area contributed by atoms with Gasteiger partial charge in [-0.05, 0) is 62.0 Å². The summed E-state index contributed by atoms with van der Waals surface area (Å²) in [6.45, 7) is 4.32. The predicted octanol–water partition coefficient (Wildman–Crippen LogP) is 2.23. The summed E-state index contributed by atoms with van der Waals surface area (Å²) in [5, 5.41) is 14.1. The van der Waals surface area contributed by atoms with Crippen molar-refractivity contribution in [1.82, 2.24) is 20.3 Å². The molecule has 6 nitrogen and oxygen atoms in total. The van der Waals surface area contributed by atoms with Crippen LogP contribution in [0.5, 0.6) is 0 Å². The molecule has 0 aliphatic carbocycles. The third kappa shape index (κ3) is 4.16. The lowest BCUT2D eigenvalue weighted by atomic mass is 9.84. The third-order valence-electron chi connectivity index (χ3n) is 4.53. The first-order chi connectivity index (χ1) is 11.2. The molecule has 0 spiro atoms. The summed E-state index contributed by atoms with van der Waals surface area (Å²) in [5.41, 5.74) is 1.74. The van der Waals surface area contributed by atoms with Crippen molar-refractivity contribution in [2.75, 3.05) is 18.4 Å². The zero-order valence-electron chi connectivity index (χ0n) is 13.4. The van der Waals surface area contributed by atoms with Gasteiger partial charge in [-0.2, -0.15) is 0 Å². The number of rotatable bonds is 5. The molecule has 1 aromatic carbocycles. The Kier molecular flexibility index (Phi) is 5.02. The minimum absolute atomic E-state index is 0.0875. The second-order valence-electron chi connectivity index (χ2n) is 6.21. The van der Waals surface area contributed by atoms with Gasteiger partial charge in [0.1, 0.15) is 0 Å². The van der Waals surface area contributed by atoms with Gasteiger partial charge in [-0.1, -0.05) is 12.1 Å². The van der Waals surface area contributed by atoms with Crippen LogP contribution in [0.25, 0.3) is 5.69 Å². The number of amides is 1. The Hall–Kier alpha value is -2.21. The normalized spacial score (nSPS) is 16.9. The molecule has 1 fully saturated rings. The Labute approximate surface area is 136 Å². The van der Waals surface area contributed by atoms with Crippen LogP contribution < -0.4 is 10.6 Å². The molecule has 0 radical (unpaired) electrons. The van der Waals surface area contributed by atoms with Gasteiger partial charge in [0.2, 0.25) is 5.91 Å². The highest BCUT2D eigenvalue weighted by Crippen LogP contribution is 2.24. The van der Waals surface area contributed by atoms with Crippen molar-refractivity contribution < 1.29 is 4.79 Å².